The number of nitrogens with one attached hydrogen (secondary N) is 1. The maximum atomic E-state index is 13.4. The van der Waals surface area contributed by atoms with Crippen molar-refractivity contribution >= 4 is 29.1 Å². The maximum absolute atomic E-state index is 13.4. The highest BCUT2D eigenvalue weighted by atomic mass is 16.5. The highest BCUT2D eigenvalue weighted by Crippen LogP contribution is 2.40. The summed E-state index contributed by atoms with van der Waals surface area (Å²) < 4.78 is 5.37. The standard InChI is InChI=1S/C24H35N5O4/c1-26(2)23(31)18-7-8-19-21(16-18)29(24(32)20-6-3-4-11-28(19)20)17-22(30)25-9-5-10-27-12-14-33-15-13-27/h7-8,16,20H,3-6,9-15,17H2,1-2H3,(H,25,30)/t20-/m1/s1. The predicted octanol–water partition coefficient (Wildman–Crippen LogP) is 0.932. The van der Waals surface area contributed by atoms with Crippen LogP contribution in [0.3, 0.4) is 0 Å². The Morgan fingerprint density at radius 2 is 1.91 bits per heavy atom. The minimum absolute atomic E-state index is 0.0344. The van der Waals surface area contributed by atoms with Gasteiger partial charge in [-0.3, -0.25) is 24.2 Å². The summed E-state index contributed by atoms with van der Waals surface area (Å²) in [6.45, 7) is 5.65. The average Bonchev–Trinajstić information content (AvgIpc) is 2.84. The fourth-order valence-electron chi connectivity index (χ4n) is 4.87. The molecule has 0 bridgehead atoms. The molecule has 4 rings (SSSR count). The molecule has 9 nitrogen and oxygen atoms in total. The molecule has 3 heterocycles. The highest BCUT2D eigenvalue weighted by molar-refractivity contribution is 6.09. The van der Waals surface area contributed by atoms with Crippen LogP contribution in [0, 0.1) is 0 Å². The lowest BCUT2D eigenvalue weighted by molar-refractivity contribution is -0.125. The number of hydrogen-bond donors (Lipinski definition) is 1. The fourth-order valence-corrected chi connectivity index (χ4v) is 4.87. The predicted molar refractivity (Wildman–Crippen MR) is 127 cm³/mol. The molecule has 180 valence electrons. The van der Waals surface area contributed by atoms with Crippen LogP contribution in [-0.4, -0.2) is 100 Å². The molecule has 0 saturated carbocycles. The summed E-state index contributed by atoms with van der Waals surface area (Å²) in [5, 5.41) is 2.97. The summed E-state index contributed by atoms with van der Waals surface area (Å²) >= 11 is 0. The summed E-state index contributed by atoms with van der Waals surface area (Å²) in [6, 6.07) is 5.25. The number of nitrogens with zero attached hydrogens (tertiary/aromatic N) is 4. The number of anilines is 2. The number of carbonyl (C=O) groups excluding carboxylic acids is 3. The first-order valence-electron chi connectivity index (χ1n) is 12.0. The van der Waals surface area contributed by atoms with Crippen LogP contribution in [-0.2, 0) is 14.3 Å². The summed E-state index contributed by atoms with van der Waals surface area (Å²) in [7, 11) is 3.41. The quantitative estimate of drug-likeness (QED) is 0.614. The van der Waals surface area contributed by atoms with Gasteiger partial charge in [-0.1, -0.05) is 0 Å². The Bertz CT molecular complexity index is 884. The fraction of sp³-hybridized carbons (Fsp3) is 0.625. The van der Waals surface area contributed by atoms with Gasteiger partial charge in [-0.25, -0.2) is 0 Å². The Morgan fingerprint density at radius 3 is 2.67 bits per heavy atom. The van der Waals surface area contributed by atoms with Crippen LogP contribution in [0.2, 0.25) is 0 Å². The first-order valence-corrected chi connectivity index (χ1v) is 12.0. The number of fused-ring (bicyclic) bond motifs is 3. The molecule has 3 aliphatic rings. The zero-order chi connectivity index (χ0) is 23.4. The smallest absolute Gasteiger partial charge is 0.253 e. The molecule has 3 amide bonds. The summed E-state index contributed by atoms with van der Waals surface area (Å²) in [5.74, 6) is -0.358. The van der Waals surface area contributed by atoms with Crippen molar-refractivity contribution in [3.05, 3.63) is 23.8 Å². The lowest BCUT2D eigenvalue weighted by Gasteiger charge is -2.45. The molecule has 1 N–H and O–H groups in total. The van der Waals surface area contributed by atoms with E-state index in [0.717, 1.165) is 70.8 Å². The van der Waals surface area contributed by atoms with Crippen molar-refractivity contribution in [1.29, 1.82) is 0 Å². The van der Waals surface area contributed by atoms with Crippen molar-refractivity contribution in [2.24, 2.45) is 0 Å². The number of amides is 3. The van der Waals surface area contributed by atoms with Crippen molar-refractivity contribution in [1.82, 2.24) is 15.1 Å². The first kappa shape index (κ1) is 23.5. The molecule has 2 saturated heterocycles. The molecule has 0 aromatic heterocycles. The molecule has 2 fully saturated rings. The molecule has 3 aliphatic heterocycles. The molecule has 0 spiro atoms. The van der Waals surface area contributed by atoms with E-state index in [9.17, 15) is 14.4 Å². The zero-order valence-electron chi connectivity index (χ0n) is 19.7. The van der Waals surface area contributed by atoms with Crippen LogP contribution in [0.4, 0.5) is 11.4 Å². The third-order valence-electron chi connectivity index (χ3n) is 6.66. The topological polar surface area (TPSA) is 85.4 Å². The second kappa shape index (κ2) is 10.5. The van der Waals surface area contributed by atoms with Crippen LogP contribution < -0.4 is 15.1 Å². The third-order valence-corrected chi connectivity index (χ3v) is 6.66. The first-order chi connectivity index (χ1) is 16.0. The molecular weight excluding hydrogens is 422 g/mol. The van der Waals surface area contributed by atoms with Crippen LogP contribution in [0.25, 0.3) is 0 Å². The number of rotatable bonds is 7. The highest BCUT2D eigenvalue weighted by Gasteiger charge is 2.40. The number of carbonyl (C=O) groups is 3. The Kier molecular flexibility index (Phi) is 7.49. The number of benzene rings is 1. The van der Waals surface area contributed by atoms with Gasteiger partial charge >= 0.3 is 0 Å². The Morgan fingerprint density at radius 1 is 1.12 bits per heavy atom. The summed E-state index contributed by atoms with van der Waals surface area (Å²) in [4.78, 5) is 46.3. The SMILES string of the molecule is CN(C)C(=O)c1ccc2c(c1)N(CC(=O)NCCCN1CCOCC1)C(=O)[C@H]1CCCCN21. The minimum Gasteiger partial charge on any atom is -0.379 e. The molecule has 1 aromatic carbocycles. The lowest BCUT2D eigenvalue weighted by Crippen LogP contribution is -2.57. The monoisotopic (exact) mass is 457 g/mol. The minimum atomic E-state index is -0.240. The van der Waals surface area contributed by atoms with Gasteiger partial charge in [-0.05, 0) is 50.4 Å². The number of morpholine rings is 1. The maximum Gasteiger partial charge on any atom is 0.253 e. The van der Waals surface area contributed by atoms with E-state index in [1.807, 2.05) is 12.1 Å². The molecule has 33 heavy (non-hydrogen) atoms. The van der Waals surface area contributed by atoms with Gasteiger partial charge in [0.25, 0.3) is 5.91 Å². The summed E-state index contributed by atoms with van der Waals surface area (Å²) in [5.41, 5.74) is 2.09. The van der Waals surface area contributed by atoms with Gasteiger partial charge in [0.2, 0.25) is 11.8 Å². The zero-order valence-corrected chi connectivity index (χ0v) is 19.7. The molecule has 0 unspecified atom stereocenters. The Balaban J connectivity index is 1.45. The molecule has 1 atom stereocenters. The number of piperidine rings is 1. The van der Waals surface area contributed by atoms with E-state index in [4.69, 9.17) is 4.74 Å². The van der Waals surface area contributed by atoms with Crippen molar-refractivity contribution < 1.29 is 19.1 Å². The van der Waals surface area contributed by atoms with Gasteiger partial charge in [0.15, 0.2) is 0 Å². The molecule has 9 heteroatoms. The van der Waals surface area contributed by atoms with Gasteiger partial charge < -0.3 is 19.9 Å². The van der Waals surface area contributed by atoms with E-state index in [1.54, 1.807) is 25.1 Å². The average molecular weight is 458 g/mol. The Hall–Kier alpha value is -2.65. The molecule has 0 aliphatic carbocycles. The van der Waals surface area contributed by atoms with Crippen molar-refractivity contribution in [3.63, 3.8) is 0 Å². The van der Waals surface area contributed by atoms with Gasteiger partial charge in [-0.2, -0.15) is 0 Å². The largest absolute Gasteiger partial charge is 0.379 e. The van der Waals surface area contributed by atoms with E-state index in [1.165, 1.54) is 4.90 Å². The van der Waals surface area contributed by atoms with Crippen molar-refractivity contribution in [2.75, 3.05) is 76.4 Å². The number of hydrogen-bond acceptors (Lipinski definition) is 6. The molecule has 1 aromatic rings. The van der Waals surface area contributed by atoms with E-state index >= 15 is 0 Å². The normalized spacial score (nSPS) is 20.8. The lowest BCUT2D eigenvalue weighted by atomic mass is 9.95. The van der Waals surface area contributed by atoms with Crippen molar-refractivity contribution in [3.8, 4) is 0 Å². The summed E-state index contributed by atoms with van der Waals surface area (Å²) in [6.07, 6.45) is 3.68. The van der Waals surface area contributed by atoms with E-state index in [0.29, 0.717) is 17.8 Å². The Labute approximate surface area is 195 Å². The van der Waals surface area contributed by atoms with Crippen LogP contribution in [0.5, 0.6) is 0 Å². The van der Waals surface area contributed by atoms with Gasteiger partial charge in [0, 0.05) is 45.8 Å². The third kappa shape index (κ3) is 5.30. The van der Waals surface area contributed by atoms with E-state index in [-0.39, 0.29) is 30.3 Å². The second-order valence-corrected chi connectivity index (χ2v) is 9.19. The van der Waals surface area contributed by atoms with E-state index in [2.05, 4.69) is 15.1 Å². The van der Waals surface area contributed by atoms with Crippen molar-refractivity contribution in [2.45, 2.75) is 31.7 Å². The van der Waals surface area contributed by atoms with Crippen LogP contribution in [0.15, 0.2) is 18.2 Å². The number of ether oxygens (including phenoxy) is 1. The van der Waals surface area contributed by atoms with E-state index < -0.39 is 0 Å². The van der Waals surface area contributed by atoms with Gasteiger partial charge in [0.1, 0.15) is 12.6 Å². The molecular formula is C24H35N5O4. The van der Waals surface area contributed by atoms with Crippen LogP contribution >= 0.6 is 0 Å². The van der Waals surface area contributed by atoms with Crippen LogP contribution in [0.1, 0.15) is 36.0 Å². The second-order valence-electron chi connectivity index (χ2n) is 9.19. The van der Waals surface area contributed by atoms with Gasteiger partial charge in [0.05, 0.1) is 24.6 Å². The molecule has 0 radical (unpaired) electrons. The van der Waals surface area contributed by atoms with Gasteiger partial charge in [-0.15, -0.1) is 0 Å².